The summed E-state index contributed by atoms with van der Waals surface area (Å²) in [6.07, 6.45) is 0. The van der Waals surface area contributed by atoms with Gasteiger partial charge >= 0.3 is 0 Å². The first-order valence-electron chi connectivity index (χ1n) is 6.44. The monoisotopic (exact) mass is 353 g/mol. The van der Waals surface area contributed by atoms with Gasteiger partial charge in [-0.25, -0.2) is 8.78 Å². The molecule has 0 aliphatic heterocycles. The lowest BCUT2D eigenvalue weighted by atomic mass is 10.0. The number of carbonyl (C=O) groups excluding carboxylic acids is 1. The van der Waals surface area contributed by atoms with Crippen LogP contribution < -0.4 is 5.32 Å². The Balaban J connectivity index is 2.22. The fourth-order valence-electron chi connectivity index (χ4n) is 1.87. The molecule has 0 aliphatic carbocycles. The molecule has 0 saturated heterocycles. The quantitative estimate of drug-likeness (QED) is 0.816. The Labute approximate surface area is 130 Å². The third kappa shape index (κ3) is 3.67. The van der Waals surface area contributed by atoms with E-state index < -0.39 is 23.2 Å². The highest BCUT2D eigenvalue weighted by Gasteiger charge is 2.15. The molecule has 0 radical (unpaired) electrons. The second-order valence-corrected chi connectivity index (χ2v) is 5.89. The van der Waals surface area contributed by atoms with Crippen LogP contribution in [-0.2, 0) is 0 Å². The van der Waals surface area contributed by atoms with E-state index in [4.69, 9.17) is 0 Å². The minimum atomic E-state index is -0.825. The molecule has 0 saturated carbocycles. The van der Waals surface area contributed by atoms with E-state index >= 15 is 0 Å². The van der Waals surface area contributed by atoms with Crippen LogP contribution in [0.25, 0.3) is 0 Å². The van der Waals surface area contributed by atoms with Gasteiger partial charge in [0.2, 0.25) is 0 Å². The first kappa shape index (κ1) is 15.6. The average Bonchev–Trinajstić information content (AvgIpc) is 2.42. The average molecular weight is 354 g/mol. The van der Waals surface area contributed by atoms with Crippen LogP contribution in [0.15, 0.2) is 40.9 Å². The second-order valence-electron chi connectivity index (χ2n) is 4.98. The molecular weight excluding hydrogens is 340 g/mol. The van der Waals surface area contributed by atoms with Crippen LogP contribution in [0.5, 0.6) is 0 Å². The summed E-state index contributed by atoms with van der Waals surface area (Å²) in [5.74, 6) is -1.85. The normalized spacial score (nSPS) is 10.8. The van der Waals surface area contributed by atoms with Crippen molar-refractivity contribution in [2.45, 2.75) is 19.8 Å². The summed E-state index contributed by atoms with van der Waals surface area (Å²) in [6.45, 7) is 4.09. The van der Waals surface area contributed by atoms with Gasteiger partial charge in [-0.3, -0.25) is 4.79 Å². The number of carbonyl (C=O) groups is 1. The summed E-state index contributed by atoms with van der Waals surface area (Å²) in [7, 11) is 0. The molecule has 0 aromatic heterocycles. The number of halogens is 3. The Morgan fingerprint density at radius 1 is 1.10 bits per heavy atom. The third-order valence-electron chi connectivity index (χ3n) is 3.08. The predicted octanol–water partition coefficient (Wildman–Crippen LogP) is 5.10. The minimum absolute atomic E-state index is 0.275. The Hall–Kier alpha value is -1.75. The van der Waals surface area contributed by atoms with Gasteiger partial charge in [-0.2, -0.15) is 0 Å². The van der Waals surface area contributed by atoms with E-state index in [-0.39, 0.29) is 4.47 Å². The van der Waals surface area contributed by atoms with Crippen LogP contribution >= 0.6 is 15.9 Å². The number of anilines is 1. The SMILES string of the molecule is CC(C)c1ccc(C(=O)Nc2c(F)cc(Br)cc2F)cc1. The van der Waals surface area contributed by atoms with E-state index in [2.05, 4.69) is 21.2 Å². The maximum absolute atomic E-state index is 13.7. The number of hydrogen-bond donors (Lipinski definition) is 1. The topological polar surface area (TPSA) is 29.1 Å². The number of amides is 1. The molecule has 1 amide bonds. The van der Waals surface area contributed by atoms with Crippen LogP contribution in [0, 0.1) is 11.6 Å². The molecule has 110 valence electrons. The zero-order valence-electron chi connectivity index (χ0n) is 11.6. The molecule has 21 heavy (non-hydrogen) atoms. The lowest BCUT2D eigenvalue weighted by molar-refractivity contribution is 0.102. The third-order valence-corrected chi connectivity index (χ3v) is 3.54. The van der Waals surface area contributed by atoms with Gasteiger partial charge in [-0.15, -0.1) is 0 Å². The van der Waals surface area contributed by atoms with Crippen molar-refractivity contribution >= 4 is 27.5 Å². The second kappa shape index (κ2) is 6.35. The van der Waals surface area contributed by atoms with Crippen molar-refractivity contribution in [1.29, 1.82) is 0 Å². The fraction of sp³-hybridized carbons (Fsp3) is 0.188. The molecule has 0 fully saturated rings. The van der Waals surface area contributed by atoms with Gasteiger partial charge in [-0.1, -0.05) is 41.9 Å². The largest absolute Gasteiger partial charge is 0.317 e. The van der Waals surface area contributed by atoms with Crippen molar-refractivity contribution in [3.63, 3.8) is 0 Å². The maximum atomic E-state index is 13.7. The molecule has 0 spiro atoms. The molecule has 0 heterocycles. The molecule has 2 nitrogen and oxygen atoms in total. The molecule has 1 N–H and O–H groups in total. The van der Waals surface area contributed by atoms with Crippen molar-refractivity contribution in [2.24, 2.45) is 0 Å². The van der Waals surface area contributed by atoms with E-state index in [1.165, 1.54) is 0 Å². The van der Waals surface area contributed by atoms with Crippen LogP contribution in [0.2, 0.25) is 0 Å². The Morgan fingerprint density at radius 2 is 1.62 bits per heavy atom. The maximum Gasteiger partial charge on any atom is 0.255 e. The van der Waals surface area contributed by atoms with E-state index in [9.17, 15) is 13.6 Å². The smallest absolute Gasteiger partial charge is 0.255 e. The number of rotatable bonds is 3. The van der Waals surface area contributed by atoms with Gasteiger partial charge in [0.25, 0.3) is 5.91 Å². The molecule has 0 atom stereocenters. The van der Waals surface area contributed by atoms with Gasteiger partial charge in [0.1, 0.15) is 5.69 Å². The van der Waals surface area contributed by atoms with E-state index in [1.807, 2.05) is 26.0 Å². The highest BCUT2D eigenvalue weighted by atomic mass is 79.9. The van der Waals surface area contributed by atoms with Gasteiger partial charge in [-0.05, 0) is 35.7 Å². The van der Waals surface area contributed by atoms with Crippen molar-refractivity contribution in [1.82, 2.24) is 0 Å². The molecule has 2 rings (SSSR count). The lowest BCUT2D eigenvalue weighted by Crippen LogP contribution is -2.14. The summed E-state index contributed by atoms with van der Waals surface area (Å²) >= 11 is 2.99. The Bertz CT molecular complexity index is 645. The molecule has 5 heteroatoms. The first-order valence-corrected chi connectivity index (χ1v) is 7.23. The van der Waals surface area contributed by atoms with E-state index in [1.54, 1.807) is 12.1 Å². The van der Waals surface area contributed by atoms with Gasteiger partial charge in [0.15, 0.2) is 11.6 Å². The molecule has 0 unspecified atom stereocenters. The summed E-state index contributed by atoms with van der Waals surface area (Å²) in [5, 5.41) is 2.26. The number of hydrogen-bond acceptors (Lipinski definition) is 1. The number of benzene rings is 2. The summed E-state index contributed by atoms with van der Waals surface area (Å²) in [6, 6.07) is 9.13. The number of nitrogens with one attached hydrogen (secondary N) is 1. The minimum Gasteiger partial charge on any atom is -0.317 e. The van der Waals surface area contributed by atoms with Gasteiger partial charge in [0.05, 0.1) is 0 Å². The van der Waals surface area contributed by atoms with Crippen LogP contribution in [0.1, 0.15) is 35.7 Å². The van der Waals surface area contributed by atoms with Crippen LogP contribution in [0.3, 0.4) is 0 Å². The highest BCUT2D eigenvalue weighted by Crippen LogP contribution is 2.24. The van der Waals surface area contributed by atoms with E-state index in [0.29, 0.717) is 11.5 Å². The van der Waals surface area contributed by atoms with E-state index in [0.717, 1.165) is 17.7 Å². The van der Waals surface area contributed by atoms with Gasteiger partial charge in [0, 0.05) is 10.0 Å². The van der Waals surface area contributed by atoms with Crippen molar-refractivity contribution < 1.29 is 13.6 Å². The Morgan fingerprint density at radius 3 is 2.10 bits per heavy atom. The Kier molecular flexibility index (Phi) is 4.73. The zero-order valence-corrected chi connectivity index (χ0v) is 13.2. The standard InChI is InChI=1S/C16H14BrF2NO/c1-9(2)10-3-5-11(6-4-10)16(21)20-15-13(18)7-12(17)8-14(15)19/h3-9H,1-2H3,(H,20,21). The molecule has 0 aliphatic rings. The van der Waals surface area contributed by atoms with Crippen molar-refractivity contribution in [3.05, 3.63) is 63.6 Å². The van der Waals surface area contributed by atoms with Crippen molar-refractivity contribution in [2.75, 3.05) is 5.32 Å². The molecule has 0 bridgehead atoms. The first-order chi connectivity index (χ1) is 9.88. The highest BCUT2D eigenvalue weighted by molar-refractivity contribution is 9.10. The summed E-state index contributed by atoms with van der Waals surface area (Å²) in [4.78, 5) is 12.0. The van der Waals surface area contributed by atoms with Gasteiger partial charge < -0.3 is 5.32 Å². The fourth-order valence-corrected chi connectivity index (χ4v) is 2.27. The lowest BCUT2D eigenvalue weighted by Gasteiger charge is -2.09. The van der Waals surface area contributed by atoms with Crippen molar-refractivity contribution in [3.8, 4) is 0 Å². The molecule has 2 aromatic rings. The van der Waals surface area contributed by atoms with Crippen LogP contribution in [0.4, 0.5) is 14.5 Å². The zero-order chi connectivity index (χ0) is 15.6. The summed E-state index contributed by atoms with van der Waals surface area (Å²) < 4.78 is 27.6. The molecule has 2 aromatic carbocycles. The predicted molar refractivity (Wildman–Crippen MR) is 82.5 cm³/mol. The molecular formula is C16H14BrF2NO. The summed E-state index contributed by atoms with van der Waals surface area (Å²) in [5.41, 5.74) is 0.991. The van der Waals surface area contributed by atoms with Crippen LogP contribution in [-0.4, -0.2) is 5.91 Å².